The summed E-state index contributed by atoms with van der Waals surface area (Å²) in [5.74, 6) is 0.617. The van der Waals surface area contributed by atoms with Gasteiger partial charge in [-0.05, 0) is 36.4 Å². The van der Waals surface area contributed by atoms with Crippen LogP contribution in [0.1, 0.15) is 6.42 Å². The molecule has 6 heteroatoms. The highest BCUT2D eigenvalue weighted by molar-refractivity contribution is 6.22. The van der Waals surface area contributed by atoms with Crippen LogP contribution >= 0.6 is 0 Å². The zero-order valence-corrected chi connectivity index (χ0v) is 15.4. The van der Waals surface area contributed by atoms with E-state index in [1.807, 2.05) is 30.3 Å². The quantitative estimate of drug-likeness (QED) is 0.777. The number of nitrogens with zero attached hydrogens (tertiary/aromatic N) is 3. The molecule has 6 nitrogen and oxygen atoms in total. The number of ether oxygens (including phenoxy) is 1. The lowest BCUT2D eigenvalue weighted by Crippen LogP contribution is -2.52. The predicted molar refractivity (Wildman–Crippen MR) is 104 cm³/mol. The van der Waals surface area contributed by atoms with Gasteiger partial charge in [-0.15, -0.1) is 0 Å². The lowest BCUT2D eigenvalue weighted by atomic mass is 10.1. The Morgan fingerprint density at radius 2 is 1.52 bits per heavy atom. The van der Waals surface area contributed by atoms with E-state index in [4.69, 9.17) is 4.74 Å². The van der Waals surface area contributed by atoms with Gasteiger partial charge in [0.2, 0.25) is 5.91 Å². The van der Waals surface area contributed by atoms with Crippen LogP contribution in [-0.2, 0) is 9.59 Å². The van der Waals surface area contributed by atoms with Gasteiger partial charge in [-0.3, -0.25) is 14.5 Å². The summed E-state index contributed by atoms with van der Waals surface area (Å²) in [6.45, 7) is 3.18. The van der Waals surface area contributed by atoms with Gasteiger partial charge in [-0.1, -0.05) is 18.2 Å². The Morgan fingerprint density at radius 1 is 0.852 bits per heavy atom. The minimum atomic E-state index is -0.351. The average Bonchev–Trinajstić information content (AvgIpc) is 3.03. The molecule has 2 aromatic carbocycles. The van der Waals surface area contributed by atoms with E-state index in [-0.39, 0.29) is 24.3 Å². The fourth-order valence-electron chi connectivity index (χ4n) is 3.83. The van der Waals surface area contributed by atoms with Crippen LogP contribution < -0.4 is 14.5 Å². The maximum atomic E-state index is 12.9. The highest BCUT2D eigenvalue weighted by Gasteiger charge is 2.43. The largest absolute Gasteiger partial charge is 0.497 e. The van der Waals surface area contributed by atoms with E-state index in [0.29, 0.717) is 5.69 Å². The summed E-state index contributed by atoms with van der Waals surface area (Å²) in [5.41, 5.74) is 1.81. The number of benzene rings is 2. The van der Waals surface area contributed by atoms with Crippen molar-refractivity contribution in [2.24, 2.45) is 0 Å². The number of carbonyl (C=O) groups excluding carboxylic acids is 2. The maximum Gasteiger partial charge on any atom is 0.251 e. The number of rotatable bonds is 4. The second-order valence-corrected chi connectivity index (χ2v) is 6.84. The van der Waals surface area contributed by atoms with Crippen LogP contribution in [0.5, 0.6) is 5.75 Å². The van der Waals surface area contributed by atoms with Crippen molar-refractivity contribution in [3.63, 3.8) is 0 Å². The highest BCUT2D eigenvalue weighted by atomic mass is 16.5. The van der Waals surface area contributed by atoms with Crippen LogP contribution in [0.15, 0.2) is 54.6 Å². The van der Waals surface area contributed by atoms with Gasteiger partial charge in [0.05, 0.1) is 25.3 Å². The Balaban J connectivity index is 1.41. The molecule has 1 atom stereocenters. The molecule has 2 heterocycles. The number of anilines is 2. The Hall–Kier alpha value is -2.86. The molecule has 2 aliphatic heterocycles. The second-order valence-electron chi connectivity index (χ2n) is 6.84. The normalized spacial score (nSPS) is 21.0. The molecule has 0 saturated carbocycles. The first-order valence-corrected chi connectivity index (χ1v) is 9.22. The Bertz CT molecular complexity index is 814. The van der Waals surface area contributed by atoms with Gasteiger partial charge in [-0.2, -0.15) is 0 Å². The van der Waals surface area contributed by atoms with Crippen molar-refractivity contribution < 1.29 is 14.3 Å². The molecule has 0 unspecified atom stereocenters. The molecule has 0 radical (unpaired) electrons. The number of methoxy groups -OCH3 is 1. The summed E-state index contributed by atoms with van der Waals surface area (Å²) in [5, 5.41) is 0. The first-order chi connectivity index (χ1) is 13.2. The molecule has 2 fully saturated rings. The highest BCUT2D eigenvalue weighted by Crippen LogP contribution is 2.27. The summed E-state index contributed by atoms with van der Waals surface area (Å²) < 4.78 is 5.21. The third-order valence-corrected chi connectivity index (χ3v) is 5.33. The molecule has 0 spiro atoms. The lowest BCUT2D eigenvalue weighted by Gasteiger charge is -2.38. The van der Waals surface area contributed by atoms with E-state index >= 15 is 0 Å². The van der Waals surface area contributed by atoms with E-state index in [0.717, 1.165) is 37.6 Å². The predicted octanol–water partition coefficient (Wildman–Crippen LogP) is 2.15. The Labute approximate surface area is 158 Å². The minimum Gasteiger partial charge on any atom is -0.497 e. The lowest BCUT2D eigenvalue weighted by molar-refractivity contribution is -0.123. The number of piperazine rings is 1. The molecule has 27 heavy (non-hydrogen) atoms. The third kappa shape index (κ3) is 3.40. The molecule has 2 aromatic rings. The van der Waals surface area contributed by atoms with E-state index in [1.165, 1.54) is 4.90 Å². The van der Waals surface area contributed by atoms with Crippen LogP contribution in [0.25, 0.3) is 0 Å². The summed E-state index contributed by atoms with van der Waals surface area (Å²) in [7, 11) is 1.66. The number of hydrogen-bond donors (Lipinski definition) is 0. The van der Waals surface area contributed by atoms with Gasteiger partial charge in [-0.25, -0.2) is 4.90 Å². The molecule has 4 rings (SSSR count). The van der Waals surface area contributed by atoms with Gasteiger partial charge in [0, 0.05) is 31.9 Å². The molecule has 0 aliphatic carbocycles. The number of para-hydroxylation sites is 1. The summed E-state index contributed by atoms with van der Waals surface area (Å²) in [6, 6.07) is 16.8. The van der Waals surface area contributed by atoms with Gasteiger partial charge >= 0.3 is 0 Å². The smallest absolute Gasteiger partial charge is 0.251 e. The van der Waals surface area contributed by atoms with Crippen molar-refractivity contribution in [3.8, 4) is 5.75 Å². The van der Waals surface area contributed by atoms with Crippen molar-refractivity contribution >= 4 is 23.2 Å². The zero-order valence-electron chi connectivity index (χ0n) is 15.4. The fourth-order valence-corrected chi connectivity index (χ4v) is 3.83. The van der Waals surface area contributed by atoms with Crippen molar-refractivity contribution in [2.75, 3.05) is 43.1 Å². The number of imide groups is 1. The summed E-state index contributed by atoms with van der Waals surface area (Å²) in [4.78, 5) is 31.1. The van der Waals surface area contributed by atoms with E-state index in [1.54, 1.807) is 19.2 Å². The first kappa shape index (κ1) is 17.5. The van der Waals surface area contributed by atoms with Gasteiger partial charge < -0.3 is 9.64 Å². The molecule has 0 bridgehead atoms. The van der Waals surface area contributed by atoms with Gasteiger partial charge in [0.25, 0.3) is 5.91 Å². The van der Waals surface area contributed by atoms with Crippen molar-refractivity contribution in [2.45, 2.75) is 12.5 Å². The zero-order chi connectivity index (χ0) is 18.8. The van der Waals surface area contributed by atoms with E-state index in [2.05, 4.69) is 21.9 Å². The molecule has 0 aromatic heterocycles. The first-order valence-electron chi connectivity index (χ1n) is 9.22. The SMILES string of the molecule is COc1ccc(N2CCN([C@@H]3CC(=O)N(c4ccccc4)C3=O)CC2)cc1. The number of carbonyl (C=O) groups is 2. The molecular weight excluding hydrogens is 342 g/mol. The van der Waals surface area contributed by atoms with Crippen LogP contribution in [0.4, 0.5) is 11.4 Å². The average molecular weight is 365 g/mol. The molecule has 2 amide bonds. The Kier molecular flexibility index (Phi) is 4.81. The monoisotopic (exact) mass is 365 g/mol. The Morgan fingerprint density at radius 3 is 2.15 bits per heavy atom. The van der Waals surface area contributed by atoms with Gasteiger partial charge in [0.15, 0.2) is 0 Å². The molecule has 0 N–H and O–H groups in total. The van der Waals surface area contributed by atoms with Crippen LogP contribution in [0, 0.1) is 0 Å². The van der Waals surface area contributed by atoms with Crippen LogP contribution in [0.2, 0.25) is 0 Å². The number of amides is 2. The second kappa shape index (κ2) is 7.40. The van der Waals surface area contributed by atoms with Crippen molar-refractivity contribution in [1.29, 1.82) is 0 Å². The molecule has 2 saturated heterocycles. The fraction of sp³-hybridized carbons (Fsp3) is 0.333. The van der Waals surface area contributed by atoms with E-state index < -0.39 is 0 Å². The maximum absolute atomic E-state index is 12.9. The van der Waals surface area contributed by atoms with Crippen molar-refractivity contribution in [3.05, 3.63) is 54.6 Å². The molecule has 2 aliphatic rings. The molecular formula is C21H23N3O3. The van der Waals surface area contributed by atoms with Crippen LogP contribution in [0.3, 0.4) is 0 Å². The minimum absolute atomic E-state index is 0.107. The van der Waals surface area contributed by atoms with Crippen LogP contribution in [-0.4, -0.2) is 56.0 Å². The molecule has 140 valence electrons. The number of hydrogen-bond acceptors (Lipinski definition) is 5. The summed E-state index contributed by atoms with van der Waals surface area (Å²) >= 11 is 0. The standard InChI is InChI=1S/C21H23N3O3/c1-27-18-9-7-16(8-10-18)22-11-13-23(14-12-22)19-15-20(25)24(21(19)26)17-5-3-2-4-6-17/h2-10,19H,11-15H2,1H3/t19-/m1/s1. The topological polar surface area (TPSA) is 53.1 Å². The van der Waals surface area contributed by atoms with E-state index in [9.17, 15) is 9.59 Å². The van der Waals surface area contributed by atoms with Gasteiger partial charge in [0.1, 0.15) is 5.75 Å². The third-order valence-electron chi connectivity index (χ3n) is 5.33. The summed E-state index contributed by atoms with van der Waals surface area (Å²) in [6.07, 6.45) is 0.260. The van der Waals surface area contributed by atoms with Crippen molar-refractivity contribution in [1.82, 2.24) is 4.90 Å².